The van der Waals surface area contributed by atoms with Crippen molar-refractivity contribution < 1.29 is 9.53 Å². The summed E-state index contributed by atoms with van der Waals surface area (Å²) in [5, 5.41) is 0. The molecule has 7 heteroatoms. The third-order valence-electron chi connectivity index (χ3n) is 3.38. The van der Waals surface area contributed by atoms with Gasteiger partial charge in [-0.3, -0.25) is 9.69 Å². The third-order valence-corrected chi connectivity index (χ3v) is 3.38. The lowest BCUT2D eigenvalue weighted by atomic mass is 10.2. The fourth-order valence-electron chi connectivity index (χ4n) is 2.09. The van der Waals surface area contributed by atoms with Crippen LogP contribution in [0.2, 0.25) is 0 Å². The smallest absolute Gasteiger partial charge is 0.234 e. The van der Waals surface area contributed by atoms with E-state index in [9.17, 15) is 4.79 Å². The fraction of sp³-hybridized carbons (Fsp3) is 0.583. The van der Waals surface area contributed by atoms with Crippen molar-refractivity contribution in [1.82, 2.24) is 14.9 Å². The van der Waals surface area contributed by atoms with Crippen LogP contribution in [0, 0.1) is 0 Å². The van der Waals surface area contributed by atoms with Crippen molar-refractivity contribution in [2.45, 2.75) is 13.0 Å². The molecule has 0 saturated carbocycles. The molecule has 1 aliphatic rings. The second kappa shape index (κ2) is 5.83. The molecular formula is C12H19N5O2. The molecule has 2 heterocycles. The Bertz CT molecular complexity index is 446. The van der Waals surface area contributed by atoms with Crippen LogP contribution in [-0.2, 0) is 4.79 Å². The van der Waals surface area contributed by atoms with Crippen LogP contribution in [0.25, 0.3) is 0 Å². The van der Waals surface area contributed by atoms with Crippen LogP contribution in [0.4, 0.5) is 5.95 Å². The number of carbonyl (C=O) groups is 1. The molecule has 0 spiro atoms. The SMILES string of the molecule is COc1ccnc(N2CCN([C@H](C)C(N)=O)CC2)n1. The van der Waals surface area contributed by atoms with E-state index in [2.05, 4.69) is 19.8 Å². The Balaban J connectivity index is 1.97. The maximum atomic E-state index is 11.2. The molecule has 0 aliphatic carbocycles. The van der Waals surface area contributed by atoms with E-state index in [1.807, 2.05) is 6.92 Å². The Morgan fingerprint density at radius 2 is 2.11 bits per heavy atom. The van der Waals surface area contributed by atoms with Gasteiger partial charge < -0.3 is 15.4 Å². The van der Waals surface area contributed by atoms with Gasteiger partial charge in [0.2, 0.25) is 17.7 Å². The number of ether oxygens (including phenoxy) is 1. The number of methoxy groups -OCH3 is 1. The molecule has 0 aromatic carbocycles. The molecule has 7 nitrogen and oxygen atoms in total. The summed E-state index contributed by atoms with van der Waals surface area (Å²) < 4.78 is 5.09. The number of amides is 1. The molecule has 1 aromatic rings. The summed E-state index contributed by atoms with van der Waals surface area (Å²) in [6.45, 7) is 4.91. The summed E-state index contributed by atoms with van der Waals surface area (Å²) in [5.74, 6) is 0.926. The Morgan fingerprint density at radius 3 is 2.68 bits per heavy atom. The van der Waals surface area contributed by atoms with E-state index in [0.717, 1.165) is 26.2 Å². The largest absolute Gasteiger partial charge is 0.481 e. The van der Waals surface area contributed by atoms with Gasteiger partial charge in [-0.1, -0.05) is 0 Å². The summed E-state index contributed by atoms with van der Waals surface area (Å²) in [6.07, 6.45) is 1.68. The van der Waals surface area contributed by atoms with Gasteiger partial charge in [-0.2, -0.15) is 4.98 Å². The first kappa shape index (κ1) is 13.5. The maximum Gasteiger partial charge on any atom is 0.234 e. The predicted octanol–water partition coefficient (Wildman–Crippen LogP) is -0.519. The molecule has 0 bridgehead atoms. The number of carbonyl (C=O) groups excluding carboxylic acids is 1. The molecule has 0 radical (unpaired) electrons. The Labute approximate surface area is 112 Å². The molecule has 19 heavy (non-hydrogen) atoms. The lowest BCUT2D eigenvalue weighted by molar-refractivity contribution is -0.122. The highest BCUT2D eigenvalue weighted by Gasteiger charge is 2.25. The van der Waals surface area contributed by atoms with Crippen LogP contribution in [0.5, 0.6) is 5.88 Å². The monoisotopic (exact) mass is 265 g/mol. The van der Waals surface area contributed by atoms with Crippen molar-refractivity contribution in [1.29, 1.82) is 0 Å². The quantitative estimate of drug-likeness (QED) is 0.788. The third kappa shape index (κ3) is 3.11. The molecule has 1 aliphatic heterocycles. The molecule has 104 valence electrons. The van der Waals surface area contributed by atoms with E-state index in [-0.39, 0.29) is 11.9 Å². The number of anilines is 1. The zero-order valence-corrected chi connectivity index (χ0v) is 11.2. The van der Waals surface area contributed by atoms with E-state index in [1.54, 1.807) is 19.4 Å². The van der Waals surface area contributed by atoms with Crippen LogP contribution in [-0.4, -0.2) is 60.1 Å². The molecule has 1 atom stereocenters. The molecule has 2 rings (SSSR count). The molecule has 1 aromatic heterocycles. The van der Waals surface area contributed by atoms with Crippen LogP contribution < -0.4 is 15.4 Å². The van der Waals surface area contributed by atoms with Gasteiger partial charge in [0.25, 0.3) is 0 Å². The van der Waals surface area contributed by atoms with Gasteiger partial charge in [0, 0.05) is 38.4 Å². The van der Waals surface area contributed by atoms with Gasteiger partial charge in [-0.15, -0.1) is 0 Å². The first-order chi connectivity index (χ1) is 9.11. The average molecular weight is 265 g/mol. The molecule has 2 N–H and O–H groups in total. The normalized spacial score (nSPS) is 18.1. The molecule has 0 unspecified atom stereocenters. The highest BCUT2D eigenvalue weighted by Crippen LogP contribution is 2.15. The second-order valence-electron chi connectivity index (χ2n) is 4.50. The van der Waals surface area contributed by atoms with E-state index in [4.69, 9.17) is 10.5 Å². The Morgan fingerprint density at radius 1 is 1.42 bits per heavy atom. The lowest BCUT2D eigenvalue weighted by Crippen LogP contribution is -2.53. The summed E-state index contributed by atoms with van der Waals surface area (Å²) in [7, 11) is 1.58. The van der Waals surface area contributed by atoms with Crippen molar-refractivity contribution in [2.24, 2.45) is 5.73 Å². The zero-order chi connectivity index (χ0) is 13.8. The Kier molecular flexibility index (Phi) is 4.16. The number of hydrogen-bond acceptors (Lipinski definition) is 6. The molecule has 1 fully saturated rings. The molecule has 1 amide bonds. The van der Waals surface area contributed by atoms with Crippen LogP contribution in [0.3, 0.4) is 0 Å². The Hall–Kier alpha value is -1.89. The molecular weight excluding hydrogens is 246 g/mol. The maximum absolute atomic E-state index is 11.2. The average Bonchev–Trinajstić information content (AvgIpc) is 2.46. The first-order valence-electron chi connectivity index (χ1n) is 6.27. The second-order valence-corrected chi connectivity index (χ2v) is 4.50. The van der Waals surface area contributed by atoms with Gasteiger partial charge in [-0.05, 0) is 6.92 Å². The van der Waals surface area contributed by atoms with E-state index in [0.29, 0.717) is 11.8 Å². The van der Waals surface area contributed by atoms with E-state index < -0.39 is 0 Å². The number of aromatic nitrogens is 2. The summed E-state index contributed by atoms with van der Waals surface area (Å²) >= 11 is 0. The minimum Gasteiger partial charge on any atom is -0.481 e. The van der Waals surface area contributed by atoms with Gasteiger partial charge in [0.05, 0.1) is 13.2 Å². The van der Waals surface area contributed by atoms with Gasteiger partial charge in [-0.25, -0.2) is 4.98 Å². The molecule has 1 saturated heterocycles. The van der Waals surface area contributed by atoms with Gasteiger partial charge in [0.1, 0.15) is 0 Å². The lowest BCUT2D eigenvalue weighted by Gasteiger charge is -2.36. The minimum atomic E-state index is -0.286. The van der Waals surface area contributed by atoms with Gasteiger partial charge in [0.15, 0.2) is 0 Å². The standard InChI is InChI=1S/C12H19N5O2/c1-9(11(13)18)16-5-7-17(8-6-16)12-14-4-3-10(15-12)19-2/h3-4,9H,5-8H2,1-2H3,(H2,13,18)/t9-/m1/s1. The van der Waals surface area contributed by atoms with Crippen molar-refractivity contribution in [3.05, 3.63) is 12.3 Å². The highest BCUT2D eigenvalue weighted by atomic mass is 16.5. The van der Waals surface area contributed by atoms with Crippen molar-refractivity contribution in [3.63, 3.8) is 0 Å². The van der Waals surface area contributed by atoms with Crippen LogP contribution in [0.1, 0.15) is 6.92 Å². The first-order valence-corrected chi connectivity index (χ1v) is 6.27. The summed E-state index contributed by atoms with van der Waals surface area (Å²) in [4.78, 5) is 23.8. The topological polar surface area (TPSA) is 84.6 Å². The van der Waals surface area contributed by atoms with Gasteiger partial charge >= 0.3 is 0 Å². The van der Waals surface area contributed by atoms with Crippen molar-refractivity contribution in [2.75, 3.05) is 38.2 Å². The number of nitrogens with two attached hydrogens (primary N) is 1. The fourth-order valence-corrected chi connectivity index (χ4v) is 2.09. The van der Waals surface area contributed by atoms with E-state index in [1.165, 1.54) is 0 Å². The summed E-state index contributed by atoms with van der Waals surface area (Å²) in [5.41, 5.74) is 5.32. The van der Waals surface area contributed by atoms with Crippen LogP contribution >= 0.6 is 0 Å². The number of piperazine rings is 1. The number of nitrogens with zero attached hydrogens (tertiary/aromatic N) is 4. The summed E-state index contributed by atoms with van der Waals surface area (Å²) in [6, 6.07) is 1.49. The van der Waals surface area contributed by atoms with Crippen LogP contribution in [0.15, 0.2) is 12.3 Å². The highest BCUT2D eigenvalue weighted by molar-refractivity contribution is 5.79. The number of primary amides is 1. The number of hydrogen-bond donors (Lipinski definition) is 1. The van der Waals surface area contributed by atoms with Crippen molar-refractivity contribution in [3.8, 4) is 5.88 Å². The van der Waals surface area contributed by atoms with E-state index >= 15 is 0 Å². The number of rotatable bonds is 4. The van der Waals surface area contributed by atoms with Crippen molar-refractivity contribution >= 4 is 11.9 Å². The zero-order valence-electron chi connectivity index (χ0n) is 11.2. The minimum absolute atomic E-state index is 0.228. The predicted molar refractivity (Wildman–Crippen MR) is 71.0 cm³/mol.